The number of benzene rings is 1. The molecule has 1 aromatic heterocycles. The van der Waals surface area contributed by atoms with Crippen molar-refractivity contribution in [2.45, 2.75) is 19.6 Å². The van der Waals surface area contributed by atoms with E-state index < -0.39 is 11.5 Å². The Balaban J connectivity index is 1.89. The number of aromatic nitrogens is 2. The summed E-state index contributed by atoms with van der Waals surface area (Å²) in [4.78, 5) is 13.9. The number of halogens is 2. The van der Waals surface area contributed by atoms with Crippen LogP contribution in [-0.4, -0.2) is 14.5 Å². The molecule has 1 heterocycles. The zero-order valence-corrected chi connectivity index (χ0v) is 10.4. The molecule has 20 heavy (non-hydrogen) atoms. The Kier molecular flexibility index (Phi) is 4.36. The van der Waals surface area contributed by atoms with Crippen molar-refractivity contribution in [3.05, 3.63) is 58.2 Å². The average Bonchev–Trinajstić information content (AvgIpc) is 2.88. The molecule has 0 radical (unpaired) electrons. The minimum absolute atomic E-state index is 0.0157. The minimum atomic E-state index is -2.62. The topological polar surface area (TPSA) is 73.0 Å². The molecule has 0 saturated carbocycles. The molecule has 0 aliphatic rings. The van der Waals surface area contributed by atoms with E-state index in [9.17, 15) is 18.9 Å². The molecular formula is C12H12F2N4O2. The number of nitro benzene ring substituents is 1. The maximum Gasteiger partial charge on any atom is 0.319 e. The summed E-state index contributed by atoms with van der Waals surface area (Å²) in [5.41, 5.74) is 0.841. The van der Waals surface area contributed by atoms with Gasteiger partial charge in [0, 0.05) is 31.1 Å². The van der Waals surface area contributed by atoms with Crippen molar-refractivity contribution in [1.82, 2.24) is 14.9 Å². The number of hydrogen-bond donors (Lipinski definition) is 1. The van der Waals surface area contributed by atoms with E-state index in [1.807, 2.05) is 0 Å². The lowest BCUT2D eigenvalue weighted by Crippen LogP contribution is -2.17. The zero-order valence-electron chi connectivity index (χ0n) is 10.4. The predicted octanol–water partition coefficient (Wildman–Crippen LogP) is 2.48. The van der Waals surface area contributed by atoms with Gasteiger partial charge in [0.05, 0.1) is 11.5 Å². The van der Waals surface area contributed by atoms with E-state index in [0.717, 1.165) is 10.1 Å². The van der Waals surface area contributed by atoms with E-state index >= 15 is 0 Å². The zero-order chi connectivity index (χ0) is 14.5. The monoisotopic (exact) mass is 282 g/mol. The summed E-state index contributed by atoms with van der Waals surface area (Å²) in [5.74, 6) is 0.238. The number of alkyl halides is 2. The summed E-state index contributed by atoms with van der Waals surface area (Å²) in [6.45, 7) is -2.02. The summed E-state index contributed by atoms with van der Waals surface area (Å²) < 4.78 is 25.9. The van der Waals surface area contributed by atoms with Crippen molar-refractivity contribution < 1.29 is 13.7 Å². The molecule has 2 aromatic rings. The van der Waals surface area contributed by atoms with Crippen LogP contribution < -0.4 is 5.32 Å². The van der Waals surface area contributed by atoms with Gasteiger partial charge in [0.25, 0.3) is 5.69 Å². The van der Waals surface area contributed by atoms with Crippen LogP contribution in [0.5, 0.6) is 0 Å². The number of nitro groups is 1. The lowest BCUT2D eigenvalue weighted by Gasteiger charge is -2.07. The molecule has 6 nitrogen and oxygen atoms in total. The SMILES string of the molecule is O=[N+]([O-])c1ccc(CNCc2nccn2C(F)F)cc1. The summed E-state index contributed by atoms with van der Waals surface area (Å²) in [7, 11) is 0. The lowest BCUT2D eigenvalue weighted by atomic mass is 10.2. The molecule has 1 aromatic carbocycles. The van der Waals surface area contributed by atoms with Gasteiger partial charge < -0.3 is 5.32 Å². The fraction of sp³-hybridized carbons (Fsp3) is 0.250. The number of non-ortho nitro benzene ring substituents is 1. The minimum Gasteiger partial charge on any atom is -0.306 e. The number of nitrogens with one attached hydrogen (secondary N) is 1. The Morgan fingerprint density at radius 2 is 2.00 bits per heavy atom. The van der Waals surface area contributed by atoms with Gasteiger partial charge in [-0.15, -0.1) is 0 Å². The summed E-state index contributed by atoms with van der Waals surface area (Å²) in [5, 5.41) is 13.5. The number of hydrogen-bond acceptors (Lipinski definition) is 4. The highest BCUT2D eigenvalue weighted by atomic mass is 19.3. The van der Waals surface area contributed by atoms with E-state index in [4.69, 9.17) is 0 Å². The normalized spacial score (nSPS) is 10.9. The highest BCUT2D eigenvalue weighted by Crippen LogP contribution is 2.13. The van der Waals surface area contributed by atoms with Gasteiger partial charge in [0.15, 0.2) is 0 Å². The first-order valence-corrected chi connectivity index (χ1v) is 5.82. The van der Waals surface area contributed by atoms with Crippen LogP contribution in [0.3, 0.4) is 0 Å². The molecule has 0 saturated heterocycles. The molecule has 0 atom stereocenters. The highest BCUT2D eigenvalue weighted by molar-refractivity contribution is 5.32. The second-order valence-corrected chi connectivity index (χ2v) is 4.06. The van der Waals surface area contributed by atoms with Gasteiger partial charge in [0.1, 0.15) is 5.82 Å². The van der Waals surface area contributed by atoms with Gasteiger partial charge in [0.2, 0.25) is 0 Å². The van der Waals surface area contributed by atoms with Crippen molar-refractivity contribution in [2.24, 2.45) is 0 Å². The summed E-state index contributed by atoms with van der Waals surface area (Å²) in [6.07, 6.45) is 2.53. The van der Waals surface area contributed by atoms with E-state index in [0.29, 0.717) is 6.54 Å². The van der Waals surface area contributed by atoms with E-state index in [1.54, 1.807) is 12.1 Å². The van der Waals surface area contributed by atoms with Gasteiger partial charge in [-0.3, -0.25) is 14.7 Å². The fourth-order valence-electron chi connectivity index (χ4n) is 1.71. The maximum atomic E-state index is 12.6. The molecular weight excluding hydrogens is 270 g/mol. The van der Waals surface area contributed by atoms with Crippen LogP contribution in [-0.2, 0) is 13.1 Å². The van der Waals surface area contributed by atoms with Gasteiger partial charge in [-0.2, -0.15) is 8.78 Å². The number of imidazole rings is 1. The smallest absolute Gasteiger partial charge is 0.306 e. The third-order valence-corrected chi connectivity index (χ3v) is 2.72. The Hall–Kier alpha value is -2.35. The van der Waals surface area contributed by atoms with Gasteiger partial charge >= 0.3 is 6.55 Å². The molecule has 8 heteroatoms. The molecule has 0 fully saturated rings. The molecule has 106 valence electrons. The average molecular weight is 282 g/mol. The van der Waals surface area contributed by atoms with Crippen LogP contribution in [0.2, 0.25) is 0 Å². The van der Waals surface area contributed by atoms with Crippen LogP contribution in [0.4, 0.5) is 14.5 Å². The van der Waals surface area contributed by atoms with Crippen LogP contribution in [0, 0.1) is 10.1 Å². The quantitative estimate of drug-likeness (QED) is 0.652. The molecule has 0 bridgehead atoms. The second-order valence-electron chi connectivity index (χ2n) is 4.06. The van der Waals surface area contributed by atoms with Gasteiger partial charge in [-0.1, -0.05) is 12.1 Å². The third-order valence-electron chi connectivity index (χ3n) is 2.72. The fourth-order valence-corrected chi connectivity index (χ4v) is 1.71. The molecule has 0 aliphatic heterocycles. The largest absolute Gasteiger partial charge is 0.319 e. The van der Waals surface area contributed by atoms with Crippen molar-refractivity contribution in [3.63, 3.8) is 0 Å². The van der Waals surface area contributed by atoms with Crippen molar-refractivity contribution >= 4 is 5.69 Å². The van der Waals surface area contributed by atoms with E-state index in [-0.39, 0.29) is 18.1 Å². The molecule has 0 unspecified atom stereocenters. The Morgan fingerprint density at radius 3 is 2.60 bits per heavy atom. The standard InChI is InChI=1S/C12H12F2N4O2/c13-12(14)17-6-5-16-11(17)8-15-7-9-1-3-10(4-2-9)18(19)20/h1-6,12,15H,7-8H2. The molecule has 0 aliphatic carbocycles. The van der Waals surface area contributed by atoms with Gasteiger partial charge in [-0.25, -0.2) is 4.98 Å². The van der Waals surface area contributed by atoms with Gasteiger partial charge in [-0.05, 0) is 5.56 Å². The molecule has 0 spiro atoms. The van der Waals surface area contributed by atoms with Crippen molar-refractivity contribution in [2.75, 3.05) is 0 Å². The second kappa shape index (κ2) is 6.20. The lowest BCUT2D eigenvalue weighted by molar-refractivity contribution is -0.384. The van der Waals surface area contributed by atoms with Crippen molar-refractivity contribution in [3.8, 4) is 0 Å². The van der Waals surface area contributed by atoms with Crippen LogP contribution in [0.25, 0.3) is 0 Å². The highest BCUT2D eigenvalue weighted by Gasteiger charge is 2.10. The Bertz CT molecular complexity index is 583. The first-order chi connectivity index (χ1) is 9.58. The maximum absolute atomic E-state index is 12.6. The number of nitrogens with zero attached hydrogens (tertiary/aromatic N) is 3. The molecule has 0 amide bonds. The molecule has 1 N–H and O–H groups in total. The number of rotatable bonds is 6. The van der Waals surface area contributed by atoms with Crippen LogP contribution in [0.1, 0.15) is 17.9 Å². The predicted molar refractivity (Wildman–Crippen MR) is 67.1 cm³/mol. The summed E-state index contributed by atoms with van der Waals surface area (Å²) >= 11 is 0. The Labute approximate surface area is 113 Å². The van der Waals surface area contributed by atoms with E-state index in [2.05, 4.69) is 10.3 Å². The Morgan fingerprint density at radius 1 is 1.30 bits per heavy atom. The van der Waals surface area contributed by atoms with Crippen LogP contribution >= 0.6 is 0 Å². The summed E-state index contributed by atoms with van der Waals surface area (Å²) in [6, 6.07) is 6.03. The first-order valence-electron chi connectivity index (χ1n) is 5.82. The first kappa shape index (κ1) is 14.1. The van der Waals surface area contributed by atoms with Crippen LogP contribution in [0.15, 0.2) is 36.7 Å². The molecule has 2 rings (SSSR count). The third kappa shape index (κ3) is 3.35. The van der Waals surface area contributed by atoms with E-state index in [1.165, 1.54) is 24.5 Å². The van der Waals surface area contributed by atoms with Crippen molar-refractivity contribution in [1.29, 1.82) is 0 Å².